The van der Waals surface area contributed by atoms with Gasteiger partial charge in [-0.1, -0.05) is 0 Å². The molecule has 0 amide bonds. The molecule has 1 aliphatic rings. The fourth-order valence-electron chi connectivity index (χ4n) is 2.49. The van der Waals surface area contributed by atoms with Crippen LogP contribution in [0.25, 0.3) is 10.9 Å². The van der Waals surface area contributed by atoms with Crippen LogP contribution in [0.5, 0.6) is 0 Å². The summed E-state index contributed by atoms with van der Waals surface area (Å²) in [5.74, 6) is 1.11. The molecule has 4 heteroatoms. The Morgan fingerprint density at radius 3 is 3.06 bits per heavy atom. The molecule has 0 saturated carbocycles. The summed E-state index contributed by atoms with van der Waals surface area (Å²) in [5.41, 5.74) is 7.62. The number of nitrogen functional groups attached to an aromatic ring is 1. The average molecular weight is 216 g/mol. The zero-order chi connectivity index (χ0) is 11.3. The van der Waals surface area contributed by atoms with E-state index >= 15 is 0 Å². The van der Waals surface area contributed by atoms with E-state index < -0.39 is 0 Å². The van der Waals surface area contributed by atoms with Gasteiger partial charge in [-0.05, 0) is 38.5 Å². The van der Waals surface area contributed by atoms with E-state index in [9.17, 15) is 0 Å². The molecule has 0 radical (unpaired) electrons. The molecule has 3 rings (SSSR count). The standard InChI is InChI=1S/C12H16N4/c1-7-5-8(2)16-12(14-7)10-6-9(13)3-4-11(10)15-16/h3-4,6-8,14H,5,13H2,1-2H3. The predicted molar refractivity (Wildman–Crippen MR) is 66.6 cm³/mol. The Bertz CT molecular complexity index is 543. The van der Waals surface area contributed by atoms with E-state index in [4.69, 9.17) is 5.73 Å². The summed E-state index contributed by atoms with van der Waals surface area (Å²) in [6, 6.07) is 6.81. The van der Waals surface area contributed by atoms with Crippen LogP contribution in [0.3, 0.4) is 0 Å². The molecule has 2 atom stereocenters. The smallest absolute Gasteiger partial charge is 0.132 e. The van der Waals surface area contributed by atoms with Crippen molar-refractivity contribution >= 4 is 22.4 Å². The fraction of sp³-hybridized carbons (Fsp3) is 0.417. The van der Waals surface area contributed by atoms with E-state index in [0.717, 1.165) is 28.8 Å². The van der Waals surface area contributed by atoms with Gasteiger partial charge in [-0.15, -0.1) is 0 Å². The highest BCUT2D eigenvalue weighted by Gasteiger charge is 2.23. The lowest BCUT2D eigenvalue weighted by Crippen LogP contribution is -2.28. The number of nitrogens with zero attached hydrogens (tertiary/aromatic N) is 2. The van der Waals surface area contributed by atoms with Crippen molar-refractivity contribution in [2.24, 2.45) is 0 Å². The van der Waals surface area contributed by atoms with Crippen LogP contribution in [0.2, 0.25) is 0 Å². The third-order valence-corrected chi connectivity index (χ3v) is 3.22. The van der Waals surface area contributed by atoms with E-state index in [-0.39, 0.29) is 0 Å². The van der Waals surface area contributed by atoms with Crippen molar-refractivity contribution in [2.45, 2.75) is 32.4 Å². The summed E-state index contributed by atoms with van der Waals surface area (Å²) in [4.78, 5) is 0. The molecule has 0 bridgehead atoms. The van der Waals surface area contributed by atoms with Crippen LogP contribution in [-0.2, 0) is 0 Å². The molecular formula is C12H16N4. The number of nitrogens with one attached hydrogen (secondary N) is 1. The Morgan fingerprint density at radius 1 is 1.44 bits per heavy atom. The molecule has 2 unspecified atom stereocenters. The number of nitrogens with two attached hydrogens (primary N) is 1. The molecule has 0 spiro atoms. The third kappa shape index (κ3) is 1.26. The molecule has 1 aromatic heterocycles. The first-order chi connectivity index (χ1) is 7.65. The van der Waals surface area contributed by atoms with E-state index in [0.29, 0.717) is 12.1 Å². The second kappa shape index (κ2) is 3.14. The summed E-state index contributed by atoms with van der Waals surface area (Å²) in [5, 5.41) is 9.22. The summed E-state index contributed by atoms with van der Waals surface area (Å²) in [7, 11) is 0. The summed E-state index contributed by atoms with van der Waals surface area (Å²) in [6.07, 6.45) is 1.11. The minimum Gasteiger partial charge on any atom is -0.399 e. The van der Waals surface area contributed by atoms with Gasteiger partial charge in [0.05, 0.1) is 11.6 Å². The first-order valence-corrected chi connectivity index (χ1v) is 5.69. The van der Waals surface area contributed by atoms with Crippen molar-refractivity contribution in [2.75, 3.05) is 11.1 Å². The lowest BCUT2D eigenvalue weighted by Gasteiger charge is -2.28. The van der Waals surface area contributed by atoms with Gasteiger partial charge in [0.25, 0.3) is 0 Å². The summed E-state index contributed by atoms with van der Waals surface area (Å²) >= 11 is 0. The largest absolute Gasteiger partial charge is 0.399 e. The van der Waals surface area contributed by atoms with Crippen molar-refractivity contribution in [3.05, 3.63) is 18.2 Å². The number of benzene rings is 1. The number of fused-ring (bicyclic) bond motifs is 3. The second-order valence-corrected chi connectivity index (χ2v) is 4.70. The van der Waals surface area contributed by atoms with Crippen molar-refractivity contribution < 1.29 is 0 Å². The maximum Gasteiger partial charge on any atom is 0.132 e. The number of hydrogen-bond acceptors (Lipinski definition) is 3. The first kappa shape index (κ1) is 9.51. The van der Waals surface area contributed by atoms with Gasteiger partial charge in [0.1, 0.15) is 5.82 Å². The lowest BCUT2D eigenvalue weighted by molar-refractivity contribution is 0.417. The topological polar surface area (TPSA) is 55.9 Å². The van der Waals surface area contributed by atoms with Crippen LogP contribution in [0, 0.1) is 0 Å². The van der Waals surface area contributed by atoms with Gasteiger partial charge in [0, 0.05) is 17.1 Å². The highest BCUT2D eigenvalue weighted by Crippen LogP contribution is 2.33. The molecule has 0 aliphatic carbocycles. The Labute approximate surface area is 94.4 Å². The molecule has 0 fully saturated rings. The molecule has 1 aromatic carbocycles. The van der Waals surface area contributed by atoms with Crippen LogP contribution in [0.4, 0.5) is 11.5 Å². The SMILES string of the molecule is CC1CC(C)n2nc3ccc(N)cc3c2N1. The van der Waals surface area contributed by atoms with E-state index in [1.807, 2.05) is 18.2 Å². The van der Waals surface area contributed by atoms with Gasteiger partial charge in [-0.2, -0.15) is 5.10 Å². The molecule has 16 heavy (non-hydrogen) atoms. The molecule has 2 aromatic rings. The second-order valence-electron chi connectivity index (χ2n) is 4.70. The van der Waals surface area contributed by atoms with Gasteiger partial charge in [0.2, 0.25) is 0 Å². The molecule has 2 heterocycles. The van der Waals surface area contributed by atoms with Gasteiger partial charge >= 0.3 is 0 Å². The highest BCUT2D eigenvalue weighted by molar-refractivity contribution is 5.92. The first-order valence-electron chi connectivity index (χ1n) is 5.69. The van der Waals surface area contributed by atoms with Crippen molar-refractivity contribution in [3.63, 3.8) is 0 Å². The number of anilines is 2. The van der Waals surface area contributed by atoms with Gasteiger partial charge in [0.15, 0.2) is 0 Å². The lowest BCUT2D eigenvalue weighted by atomic mass is 10.1. The Hall–Kier alpha value is -1.71. The Balaban J connectivity index is 2.27. The van der Waals surface area contributed by atoms with Crippen LogP contribution in [0.1, 0.15) is 26.3 Å². The highest BCUT2D eigenvalue weighted by atomic mass is 15.4. The Kier molecular flexibility index (Phi) is 1.87. The predicted octanol–water partition coefficient (Wildman–Crippen LogP) is 2.38. The molecule has 84 valence electrons. The number of rotatable bonds is 0. The maximum absolute atomic E-state index is 5.82. The van der Waals surface area contributed by atoms with E-state index in [1.54, 1.807) is 0 Å². The minimum absolute atomic E-state index is 0.444. The van der Waals surface area contributed by atoms with Crippen LogP contribution in [0.15, 0.2) is 18.2 Å². The average Bonchev–Trinajstić information content (AvgIpc) is 2.57. The van der Waals surface area contributed by atoms with E-state index in [2.05, 4.69) is 28.9 Å². The Morgan fingerprint density at radius 2 is 2.25 bits per heavy atom. The van der Waals surface area contributed by atoms with Crippen LogP contribution in [-0.4, -0.2) is 15.8 Å². The van der Waals surface area contributed by atoms with Crippen molar-refractivity contribution in [1.29, 1.82) is 0 Å². The summed E-state index contributed by atoms with van der Waals surface area (Å²) < 4.78 is 2.07. The fourth-order valence-corrected chi connectivity index (χ4v) is 2.49. The number of aromatic nitrogens is 2. The third-order valence-electron chi connectivity index (χ3n) is 3.22. The summed E-state index contributed by atoms with van der Waals surface area (Å²) in [6.45, 7) is 4.40. The molecule has 3 N–H and O–H groups in total. The van der Waals surface area contributed by atoms with Gasteiger partial charge in [-0.25, -0.2) is 4.68 Å². The van der Waals surface area contributed by atoms with Gasteiger partial charge in [-0.3, -0.25) is 0 Å². The minimum atomic E-state index is 0.444. The maximum atomic E-state index is 5.82. The van der Waals surface area contributed by atoms with Crippen LogP contribution < -0.4 is 11.1 Å². The molecule has 0 saturated heterocycles. The quantitative estimate of drug-likeness (QED) is 0.665. The van der Waals surface area contributed by atoms with Gasteiger partial charge < -0.3 is 11.1 Å². The monoisotopic (exact) mass is 216 g/mol. The zero-order valence-corrected chi connectivity index (χ0v) is 9.57. The molecule has 1 aliphatic heterocycles. The van der Waals surface area contributed by atoms with E-state index in [1.165, 1.54) is 0 Å². The molecule has 4 nitrogen and oxygen atoms in total. The molecular weight excluding hydrogens is 200 g/mol. The van der Waals surface area contributed by atoms with Crippen molar-refractivity contribution in [3.8, 4) is 0 Å². The number of hydrogen-bond donors (Lipinski definition) is 2. The van der Waals surface area contributed by atoms with Crippen LogP contribution >= 0.6 is 0 Å². The zero-order valence-electron chi connectivity index (χ0n) is 9.57. The van der Waals surface area contributed by atoms with Crippen molar-refractivity contribution in [1.82, 2.24) is 9.78 Å². The normalized spacial score (nSPS) is 24.1.